The van der Waals surface area contributed by atoms with Crippen molar-refractivity contribution in [1.82, 2.24) is 15.6 Å². The summed E-state index contributed by atoms with van der Waals surface area (Å²) in [4.78, 5) is 7.99. The number of benzene rings is 1. The van der Waals surface area contributed by atoms with Crippen LogP contribution in [0.2, 0.25) is 0 Å². The van der Waals surface area contributed by atoms with Crippen molar-refractivity contribution in [3.8, 4) is 5.88 Å². The van der Waals surface area contributed by atoms with Crippen LogP contribution in [-0.4, -0.2) is 37.3 Å². The number of nitrogens with zero attached hydrogens (tertiary/aromatic N) is 2. The van der Waals surface area contributed by atoms with Crippen LogP contribution in [0.25, 0.3) is 0 Å². The molecule has 0 amide bonds. The molecule has 0 unspecified atom stereocenters. The molecular formula is C20H23F4IN4O. The van der Waals surface area contributed by atoms with Crippen molar-refractivity contribution in [3.05, 3.63) is 59.5 Å². The van der Waals surface area contributed by atoms with Crippen molar-refractivity contribution in [1.29, 1.82) is 0 Å². The van der Waals surface area contributed by atoms with E-state index in [4.69, 9.17) is 4.74 Å². The van der Waals surface area contributed by atoms with Crippen LogP contribution in [0.3, 0.4) is 0 Å². The third-order valence-electron chi connectivity index (χ3n) is 4.79. The lowest BCUT2D eigenvalue weighted by Crippen LogP contribution is -2.41. The van der Waals surface area contributed by atoms with Crippen LogP contribution in [0, 0.1) is 5.82 Å². The summed E-state index contributed by atoms with van der Waals surface area (Å²) in [5, 5.41) is 6.21. The van der Waals surface area contributed by atoms with Crippen LogP contribution < -0.4 is 15.4 Å². The molecule has 1 aliphatic rings. The van der Waals surface area contributed by atoms with Crippen LogP contribution in [0.1, 0.15) is 24.0 Å². The number of alkyl halides is 3. The summed E-state index contributed by atoms with van der Waals surface area (Å²) in [7, 11) is 1.59. The number of nitrogens with one attached hydrogen (secondary N) is 2. The quantitative estimate of drug-likeness (QED) is 0.241. The zero-order chi connectivity index (χ0) is 20.9. The highest BCUT2D eigenvalue weighted by molar-refractivity contribution is 14.0. The van der Waals surface area contributed by atoms with Crippen LogP contribution in [0.4, 0.5) is 17.6 Å². The van der Waals surface area contributed by atoms with Gasteiger partial charge in [-0.05, 0) is 30.5 Å². The van der Waals surface area contributed by atoms with Crippen molar-refractivity contribution in [2.24, 2.45) is 4.99 Å². The highest BCUT2D eigenvalue weighted by Gasteiger charge is 2.45. The van der Waals surface area contributed by atoms with Gasteiger partial charge in [0.15, 0.2) is 12.6 Å². The van der Waals surface area contributed by atoms with Gasteiger partial charge in [0.05, 0.1) is 0 Å². The second kappa shape index (κ2) is 10.3. The molecule has 1 aromatic heterocycles. The Morgan fingerprint density at radius 3 is 2.53 bits per heavy atom. The molecule has 0 aliphatic heterocycles. The normalized spacial score (nSPS) is 15.2. The fraction of sp³-hybridized carbons (Fsp3) is 0.400. The van der Waals surface area contributed by atoms with Gasteiger partial charge in [0, 0.05) is 37.3 Å². The number of rotatable bonds is 7. The molecule has 164 valence electrons. The minimum atomic E-state index is -4.44. The molecule has 0 spiro atoms. The van der Waals surface area contributed by atoms with E-state index < -0.39 is 12.8 Å². The SMILES string of the molecule is CN=C(NCc1cccnc1OCC(F)(F)F)NCC1(c2ccccc2F)CC1.I. The molecule has 2 N–H and O–H groups in total. The van der Waals surface area contributed by atoms with Gasteiger partial charge in [-0.3, -0.25) is 4.99 Å². The highest BCUT2D eigenvalue weighted by atomic mass is 127. The van der Waals surface area contributed by atoms with Gasteiger partial charge in [-0.25, -0.2) is 9.37 Å². The molecule has 10 heteroatoms. The molecule has 1 aromatic carbocycles. The number of ether oxygens (including phenoxy) is 1. The first-order valence-electron chi connectivity index (χ1n) is 9.16. The smallest absolute Gasteiger partial charge is 0.422 e. The summed E-state index contributed by atoms with van der Waals surface area (Å²) in [6.07, 6.45) is -1.33. The van der Waals surface area contributed by atoms with E-state index in [9.17, 15) is 17.6 Å². The van der Waals surface area contributed by atoms with Crippen LogP contribution >= 0.6 is 24.0 Å². The minimum Gasteiger partial charge on any atom is -0.468 e. The van der Waals surface area contributed by atoms with Crippen LogP contribution in [0.5, 0.6) is 5.88 Å². The molecule has 1 heterocycles. The third-order valence-corrected chi connectivity index (χ3v) is 4.79. The number of guanidine groups is 1. The predicted octanol–water partition coefficient (Wildman–Crippen LogP) is 4.18. The number of hydrogen-bond acceptors (Lipinski definition) is 3. The van der Waals surface area contributed by atoms with E-state index in [1.807, 2.05) is 6.07 Å². The third kappa shape index (κ3) is 6.44. The number of hydrogen-bond donors (Lipinski definition) is 2. The molecular weight excluding hydrogens is 515 g/mol. The Kier molecular flexibility index (Phi) is 8.27. The van der Waals surface area contributed by atoms with E-state index in [1.54, 1.807) is 31.3 Å². The minimum absolute atomic E-state index is 0. The van der Waals surface area contributed by atoms with Crippen molar-refractivity contribution >= 4 is 29.9 Å². The maximum absolute atomic E-state index is 14.1. The van der Waals surface area contributed by atoms with Gasteiger partial charge in [-0.2, -0.15) is 13.2 Å². The van der Waals surface area contributed by atoms with E-state index in [0.717, 1.165) is 12.8 Å². The molecule has 0 bridgehead atoms. The van der Waals surface area contributed by atoms with Gasteiger partial charge in [0.1, 0.15) is 5.82 Å². The second-order valence-electron chi connectivity index (χ2n) is 6.91. The van der Waals surface area contributed by atoms with Crippen molar-refractivity contribution < 1.29 is 22.3 Å². The first-order valence-corrected chi connectivity index (χ1v) is 9.16. The molecule has 5 nitrogen and oxygen atoms in total. The maximum atomic E-state index is 14.1. The summed E-state index contributed by atoms with van der Waals surface area (Å²) < 4.78 is 56.1. The summed E-state index contributed by atoms with van der Waals surface area (Å²) in [6, 6.07) is 9.96. The molecule has 1 fully saturated rings. The average Bonchev–Trinajstić information content (AvgIpc) is 3.48. The summed E-state index contributed by atoms with van der Waals surface area (Å²) >= 11 is 0. The first kappa shape index (κ1) is 24.2. The van der Waals surface area contributed by atoms with Gasteiger partial charge < -0.3 is 15.4 Å². The van der Waals surface area contributed by atoms with E-state index in [0.29, 0.717) is 23.6 Å². The zero-order valence-electron chi connectivity index (χ0n) is 16.3. The van der Waals surface area contributed by atoms with Gasteiger partial charge in [0.2, 0.25) is 5.88 Å². The fourth-order valence-corrected chi connectivity index (χ4v) is 3.07. The second-order valence-corrected chi connectivity index (χ2v) is 6.91. The van der Waals surface area contributed by atoms with Crippen molar-refractivity contribution in [2.75, 3.05) is 20.2 Å². The lowest BCUT2D eigenvalue weighted by molar-refractivity contribution is -0.154. The summed E-state index contributed by atoms with van der Waals surface area (Å²) in [5.41, 5.74) is 0.881. The molecule has 3 rings (SSSR count). The maximum Gasteiger partial charge on any atom is 0.422 e. The van der Waals surface area contributed by atoms with Crippen molar-refractivity contribution in [3.63, 3.8) is 0 Å². The molecule has 0 atom stereocenters. The monoisotopic (exact) mass is 538 g/mol. The lowest BCUT2D eigenvalue weighted by atomic mass is 9.95. The van der Waals surface area contributed by atoms with Gasteiger partial charge >= 0.3 is 6.18 Å². The molecule has 0 radical (unpaired) electrons. The van der Waals surface area contributed by atoms with E-state index in [-0.39, 0.29) is 47.6 Å². The average molecular weight is 538 g/mol. The van der Waals surface area contributed by atoms with Crippen LogP contribution in [0.15, 0.2) is 47.6 Å². The fourth-order valence-electron chi connectivity index (χ4n) is 3.07. The highest BCUT2D eigenvalue weighted by Crippen LogP contribution is 2.48. The Balaban J connectivity index is 0.00000320. The van der Waals surface area contributed by atoms with Gasteiger partial charge in [-0.15, -0.1) is 24.0 Å². The van der Waals surface area contributed by atoms with E-state index in [1.165, 1.54) is 12.3 Å². The molecule has 0 saturated heterocycles. The molecule has 2 aromatic rings. The number of halogens is 5. The number of aromatic nitrogens is 1. The van der Waals surface area contributed by atoms with E-state index in [2.05, 4.69) is 20.6 Å². The van der Waals surface area contributed by atoms with E-state index >= 15 is 0 Å². The lowest BCUT2D eigenvalue weighted by Gasteiger charge is -2.20. The Morgan fingerprint density at radius 2 is 1.90 bits per heavy atom. The first-order chi connectivity index (χ1) is 13.8. The van der Waals surface area contributed by atoms with Crippen molar-refractivity contribution in [2.45, 2.75) is 31.0 Å². The Bertz CT molecular complexity index is 872. The zero-order valence-corrected chi connectivity index (χ0v) is 18.6. The van der Waals surface area contributed by atoms with Gasteiger partial charge in [-0.1, -0.05) is 24.3 Å². The predicted molar refractivity (Wildman–Crippen MR) is 117 cm³/mol. The largest absolute Gasteiger partial charge is 0.468 e. The summed E-state index contributed by atoms with van der Waals surface area (Å²) in [5.74, 6) is 0.146. The Hall–Kier alpha value is -2.11. The van der Waals surface area contributed by atoms with Gasteiger partial charge in [0.25, 0.3) is 0 Å². The Morgan fingerprint density at radius 1 is 1.17 bits per heavy atom. The molecule has 1 saturated carbocycles. The van der Waals surface area contributed by atoms with Crippen LogP contribution in [-0.2, 0) is 12.0 Å². The summed E-state index contributed by atoms with van der Waals surface area (Å²) in [6.45, 7) is -0.735. The standard InChI is InChI=1S/C20H22F4N4O.HI/c1-25-18(28-12-19(8-9-19)15-6-2-3-7-16(15)21)27-11-14-5-4-10-26-17(14)29-13-20(22,23)24;/h2-7,10H,8-9,11-13H2,1H3,(H2,25,27,28);1H. The molecule has 1 aliphatic carbocycles. The Labute approximate surface area is 189 Å². The number of pyridine rings is 1. The number of aliphatic imine (C=N–C) groups is 1. The molecule has 30 heavy (non-hydrogen) atoms. The topological polar surface area (TPSA) is 58.5 Å².